The molecule has 2 rings (SSSR count). The average molecular weight is 314 g/mol. The molecule has 2 aromatic carbocycles. The van der Waals surface area contributed by atoms with Crippen molar-refractivity contribution in [3.63, 3.8) is 0 Å². The summed E-state index contributed by atoms with van der Waals surface area (Å²) in [6.45, 7) is 0. The minimum Gasteiger partial charge on any atom is -0.481 e. The average Bonchev–Trinajstić information content (AvgIpc) is 2.53. The van der Waals surface area contributed by atoms with Gasteiger partial charge >= 0.3 is 11.9 Å². The number of benzene rings is 2. The Morgan fingerprint density at radius 3 is 2.13 bits per heavy atom. The van der Waals surface area contributed by atoms with E-state index < -0.39 is 23.7 Å². The third kappa shape index (κ3) is 4.51. The Bertz CT molecular complexity index is 720. The van der Waals surface area contributed by atoms with Crippen LogP contribution in [-0.4, -0.2) is 22.2 Å². The fraction of sp³-hybridized carbons (Fsp3) is 0.111. The smallest absolute Gasteiger partial charge is 0.332 e. The van der Waals surface area contributed by atoms with Crippen molar-refractivity contribution < 1.29 is 24.2 Å². The van der Waals surface area contributed by atoms with Gasteiger partial charge in [-0.15, -0.1) is 0 Å². The van der Waals surface area contributed by atoms with Crippen LogP contribution in [0.5, 0.6) is 0 Å². The van der Waals surface area contributed by atoms with Crippen LogP contribution in [-0.2, 0) is 16.0 Å². The van der Waals surface area contributed by atoms with Crippen LogP contribution in [0, 0.1) is 11.7 Å². The Hall–Kier alpha value is -2.95. The Morgan fingerprint density at radius 2 is 1.61 bits per heavy atom. The maximum Gasteiger partial charge on any atom is 0.332 e. The molecule has 0 spiro atoms. The van der Waals surface area contributed by atoms with E-state index in [-0.39, 0.29) is 12.0 Å². The minimum atomic E-state index is -1.31. The van der Waals surface area contributed by atoms with Gasteiger partial charge in [0.2, 0.25) is 0 Å². The molecule has 0 aliphatic heterocycles. The van der Waals surface area contributed by atoms with E-state index in [4.69, 9.17) is 0 Å². The monoisotopic (exact) mass is 314 g/mol. The van der Waals surface area contributed by atoms with Crippen molar-refractivity contribution in [3.8, 4) is 0 Å². The summed E-state index contributed by atoms with van der Waals surface area (Å²) in [5.74, 6) is -4.17. The summed E-state index contributed by atoms with van der Waals surface area (Å²) in [4.78, 5) is 23.0. The van der Waals surface area contributed by atoms with E-state index in [2.05, 4.69) is 0 Å². The molecule has 1 atom stereocenters. The van der Waals surface area contributed by atoms with Crippen molar-refractivity contribution in [2.45, 2.75) is 6.42 Å². The fourth-order valence-corrected chi connectivity index (χ4v) is 2.23. The van der Waals surface area contributed by atoms with E-state index in [0.29, 0.717) is 5.56 Å². The van der Waals surface area contributed by atoms with Gasteiger partial charge in [0, 0.05) is 0 Å². The van der Waals surface area contributed by atoms with Crippen molar-refractivity contribution in [2.24, 2.45) is 5.92 Å². The first-order chi connectivity index (χ1) is 11.0. The van der Waals surface area contributed by atoms with Gasteiger partial charge in [0.1, 0.15) is 5.82 Å². The van der Waals surface area contributed by atoms with Gasteiger partial charge in [0.15, 0.2) is 0 Å². The first-order valence-electron chi connectivity index (χ1n) is 6.94. The molecule has 0 aromatic heterocycles. The van der Waals surface area contributed by atoms with Gasteiger partial charge in [-0.05, 0) is 35.8 Å². The van der Waals surface area contributed by atoms with Crippen LogP contribution in [0.1, 0.15) is 11.1 Å². The predicted molar refractivity (Wildman–Crippen MR) is 83.3 cm³/mol. The van der Waals surface area contributed by atoms with Gasteiger partial charge in [-0.1, -0.05) is 42.5 Å². The van der Waals surface area contributed by atoms with E-state index in [9.17, 15) is 24.2 Å². The zero-order chi connectivity index (χ0) is 16.8. The molecule has 0 saturated heterocycles. The Labute approximate surface area is 132 Å². The number of hydrogen-bond acceptors (Lipinski definition) is 2. The molecule has 0 aliphatic carbocycles. The van der Waals surface area contributed by atoms with Gasteiger partial charge in [0.05, 0.1) is 11.5 Å². The van der Waals surface area contributed by atoms with E-state index in [0.717, 1.165) is 5.56 Å². The molecule has 0 bridgehead atoms. The number of halogens is 1. The number of aliphatic carboxylic acids is 2. The molecule has 1 unspecified atom stereocenters. The minimum absolute atomic E-state index is 0.0650. The predicted octanol–water partition coefficient (Wildman–Crippen LogP) is 3.24. The summed E-state index contributed by atoms with van der Waals surface area (Å²) in [7, 11) is 0. The Morgan fingerprint density at radius 1 is 1.00 bits per heavy atom. The van der Waals surface area contributed by atoms with Gasteiger partial charge in [0.25, 0.3) is 0 Å². The molecule has 0 saturated carbocycles. The molecule has 0 aliphatic rings. The van der Waals surface area contributed by atoms with Crippen LogP contribution < -0.4 is 0 Å². The lowest BCUT2D eigenvalue weighted by Crippen LogP contribution is -2.23. The molecule has 0 radical (unpaired) electrons. The van der Waals surface area contributed by atoms with E-state index >= 15 is 0 Å². The van der Waals surface area contributed by atoms with Crippen LogP contribution in [0.25, 0.3) is 6.08 Å². The normalized spacial score (nSPS) is 12.7. The van der Waals surface area contributed by atoms with Crippen molar-refractivity contribution in [2.75, 3.05) is 0 Å². The topological polar surface area (TPSA) is 74.6 Å². The van der Waals surface area contributed by atoms with Gasteiger partial charge < -0.3 is 10.2 Å². The zero-order valence-corrected chi connectivity index (χ0v) is 12.1. The lowest BCUT2D eigenvalue weighted by Gasteiger charge is -2.14. The highest BCUT2D eigenvalue weighted by Gasteiger charge is 2.27. The van der Waals surface area contributed by atoms with E-state index in [1.165, 1.54) is 30.3 Å². The summed E-state index contributed by atoms with van der Waals surface area (Å²) < 4.78 is 12.9. The van der Waals surface area contributed by atoms with Crippen LogP contribution in [0.3, 0.4) is 0 Å². The number of hydrogen-bond donors (Lipinski definition) is 2. The zero-order valence-electron chi connectivity index (χ0n) is 12.1. The van der Waals surface area contributed by atoms with Gasteiger partial charge in [-0.3, -0.25) is 4.79 Å². The SMILES string of the molecule is O=C(O)C(=Cc1ccc(F)cc1)C(Cc1ccccc1)C(=O)O. The summed E-state index contributed by atoms with van der Waals surface area (Å²) >= 11 is 0. The maximum absolute atomic E-state index is 12.9. The molecule has 2 aromatic rings. The van der Waals surface area contributed by atoms with Gasteiger partial charge in [-0.2, -0.15) is 0 Å². The van der Waals surface area contributed by atoms with Gasteiger partial charge in [-0.25, -0.2) is 9.18 Å². The molecule has 2 N–H and O–H groups in total. The second kappa shape index (κ2) is 7.35. The van der Waals surface area contributed by atoms with Crippen LogP contribution in [0.2, 0.25) is 0 Å². The molecule has 118 valence electrons. The van der Waals surface area contributed by atoms with E-state index in [1.807, 2.05) is 0 Å². The summed E-state index contributed by atoms with van der Waals surface area (Å²) in [6.07, 6.45) is 1.33. The van der Waals surface area contributed by atoms with Crippen molar-refractivity contribution in [3.05, 3.63) is 77.1 Å². The second-order valence-electron chi connectivity index (χ2n) is 5.04. The first kappa shape index (κ1) is 16.4. The lowest BCUT2D eigenvalue weighted by molar-refractivity contribution is -0.143. The molecule has 0 amide bonds. The molecule has 4 nitrogen and oxygen atoms in total. The summed E-state index contributed by atoms with van der Waals surface area (Å²) in [5.41, 5.74) is 0.919. The summed E-state index contributed by atoms with van der Waals surface area (Å²) in [6, 6.07) is 14.0. The van der Waals surface area contributed by atoms with Crippen LogP contribution >= 0.6 is 0 Å². The lowest BCUT2D eigenvalue weighted by atomic mass is 9.90. The summed E-state index contributed by atoms with van der Waals surface area (Å²) in [5, 5.41) is 18.8. The van der Waals surface area contributed by atoms with Crippen LogP contribution in [0.4, 0.5) is 4.39 Å². The highest BCUT2D eigenvalue weighted by Crippen LogP contribution is 2.21. The molecular weight excluding hydrogens is 299 g/mol. The molecule has 0 fully saturated rings. The molecule has 23 heavy (non-hydrogen) atoms. The van der Waals surface area contributed by atoms with Crippen molar-refractivity contribution >= 4 is 18.0 Å². The Balaban J connectivity index is 2.37. The van der Waals surface area contributed by atoms with E-state index in [1.54, 1.807) is 30.3 Å². The standard InChI is InChI=1S/C18H15FO4/c19-14-8-6-13(7-9-14)11-16(18(22)23)15(17(20)21)10-12-4-2-1-3-5-12/h1-9,11,15H,10H2,(H,20,21)(H,22,23). The van der Waals surface area contributed by atoms with Crippen molar-refractivity contribution in [1.82, 2.24) is 0 Å². The third-order valence-corrected chi connectivity index (χ3v) is 3.40. The largest absolute Gasteiger partial charge is 0.481 e. The third-order valence-electron chi connectivity index (χ3n) is 3.40. The second-order valence-corrected chi connectivity index (χ2v) is 5.04. The number of carbonyl (C=O) groups is 2. The molecular formula is C18H15FO4. The quantitative estimate of drug-likeness (QED) is 0.803. The number of rotatable bonds is 6. The highest BCUT2D eigenvalue weighted by molar-refractivity contribution is 5.98. The number of carboxylic acids is 2. The maximum atomic E-state index is 12.9. The fourth-order valence-electron chi connectivity index (χ4n) is 2.23. The Kier molecular flexibility index (Phi) is 5.25. The van der Waals surface area contributed by atoms with Crippen molar-refractivity contribution in [1.29, 1.82) is 0 Å². The molecule has 5 heteroatoms. The molecule has 0 heterocycles. The highest BCUT2D eigenvalue weighted by atomic mass is 19.1. The first-order valence-corrected chi connectivity index (χ1v) is 6.94. The van der Waals surface area contributed by atoms with Crippen LogP contribution in [0.15, 0.2) is 60.2 Å². The number of carboxylic acid groups (broad SMARTS) is 2.